The van der Waals surface area contributed by atoms with Crippen LogP contribution in [0, 0.1) is 5.92 Å². The fourth-order valence-electron chi connectivity index (χ4n) is 1.94. The molecule has 0 aromatic rings. The second kappa shape index (κ2) is 5.16. The molecule has 0 aliphatic carbocycles. The van der Waals surface area contributed by atoms with Gasteiger partial charge in [-0.3, -0.25) is 15.1 Å². The summed E-state index contributed by atoms with van der Waals surface area (Å²) in [5, 5.41) is 2.65. The van der Waals surface area contributed by atoms with Gasteiger partial charge in [-0.1, -0.05) is 6.92 Å². The van der Waals surface area contributed by atoms with E-state index in [1.807, 2.05) is 11.8 Å². The summed E-state index contributed by atoms with van der Waals surface area (Å²) < 4.78 is 0. The maximum absolute atomic E-state index is 11.4. The van der Waals surface area contributed by atoms with Crippen LogP contribution in [0.15, 0.2) is 9.98 Å². The third kappa shape index (κ3) is 2.95. The fraction of sp³-hybridized carbons (Fsp3) is 0.727. The van der Waals surface area contributed by atoms with Crippen LogP contribution in [0.3, 0.4) is 0 Å². The molecule has 0 saturated carbocycles. The molecule has 0 radical (unpaired) electrons. The van der Waals surface area contributed by atoms with Crippen LogP contribution in [0.25, 0.3) is 0 Å². The van der Waals surface area contributed by atoms with Gasteiger partial charge in [-0.25, -0.2) is 0 Å². The van der Waals surface area contributed by atoms with E-state index in [-0.39, 0.29) is 11.8 Å². The molecule has 0 bridgehead atoms. The monoisotopic (exact) mass is 237 g/mol. The van der Waals surface area contributed by atoms with E-state index in [0.29, 0.717) is 18.5 Å². The van der Waals surface area contributed by atoms with E-state index in [0.717, 1.165) is 25.9 Å². The van der Waals surface area contributed by atoms with Crippen molar-refractivity contribution in [2.45, 2.75) is 26.2 Å². The first-order valence-electron chi connectivity index (χ1n) is 6.11. The topological polar surface area (TPSA) is 83.1 Å². The lowest BCUT2D eigenvalue weighted by atomic mass is 10.1. The van der Waals surface area contributed by atoms with Crippen LogP contribution in [-0.4, -0.2) is 42.4 Å². The molecule has 6 heteroatoms. The van der Waals surface area contributed by atoms with E-state index in [2.05, 4.69) is 15.3 Å². The Morgan fingerprint density at radius 3 is 2.82 bits per heavy atom. The zero-order valence-corrected chi connectivity index (χ0v) is 10.1. The Morgan fingerprint density at radius 2 is 2.18 bits per heavy atom. The number of likely N-dealkylation sites (tertiary alicyclic amines) is 1. The summed E-state index contributed by atoms with van der Waals surface area (Å²) in [4.78, 5) is 21.9. The number of piperidine rings is 1. The highest BCUT2D eigenvalue weighted by atomic mass is 16.2. The van der Waals surface area contributed by atoms with E-state index < -0.39 is 0 Å². The summed E-state index contributed by atoms with van der Waals surface area (Å²) in [7, 11) is 0. The van der Waals surface area contributed by atoms with Gasteiger partial charge in [0.25, 0.3) is 0 Å². The van der Waals surface area contributed by atoms with Crippen LogP contribution in [0.1, 0.15) is 26.2 Å². The smallest absolute Gasteiger partial charge is 0.231 e. The molecular formula is C11H19N5O. The molecule has 1 atom stereocenters. The van der Waals surface area contributed by atoms with Gasteiger partial charge >= 0.3 is 0 Å². The van der Waals surface area contributed by atoms with Crippen molar-refractivity contribution in [3.8, 4) is 0 Å². The van der Waals surface area contributed by atoms with E-state index in [1.165, 1.54) is 6.42 Å². The predicted octanol–water partition coefficient (Wildman–Crippen LogP) is -0.0911. The van der Waals surface area contributed by atoms with Crippen LogP contribution in [0.5, 0.6) is 0 Å². The molecule has 2 aliphatic rings. The number of guanidine groups is 2. The van der Waals surface area contributed by atoms with Crippen LogP contribution in [-0.2, 0) is 4.79 Å². The Morgan fingerprint density at radius 1 is 1.47 bits per heavy atom. The molecule has 2 aliphatic heterocycles. The lowest BCUT2D eigenvalue weighted by Crippen LogP contribution is -2.44. The molecule has 3 N–H and O–H groups in total. The molecule has 0 aromatic carbocycles. The van der Waals surface area contributed by atoms with Crippen LogP contribution < -0.4 is 11.1 Å². The second-order valence-corrected chi connectivity index (χ2v) is 4.57. The number of rotatable bonds is 0. The van der Waals surface area contributed by atoms with E-state index in [4.69, 9.17) is 5.73 Å². The number of nitrogens with zero attached hydrogens (tertiary/aromatic N) is 3. The maximum atomic E-state index is 11.4. The van der Waals surface area contributed by atoms with Gasteiger partial charge in [-0.2, -0.15) is 4.99 Å². The third-order valence-corrected chi connectivity index (χ3v) is 3.10. The summed E-state index contributed by atoms with van der Waals surface area (Å²) in [6.07, 6.45) is 3.54. The molecular weight excluding hydrogens is 218 g/mol. The number of nitrogens with two attached hydrogens (primary N) is 1. The van der Waals surface area contributed by atoms with E-state index >= 15 is 0 Å². The van der Waals surface area contributed by atoms with Crippen molar-refractivity contribution in [3.63, 3.8) is 0 Å². The predicted molar refractivity (Wildman–Crippen MR) is 66.7 cm³/mol. The maximum Gasteiger partial charge on any atom is 0.231 e. The molecule has 17 heavy (non-hydrogen) atoms. The minimum atomic E-state index is -0.0786. The largest absolute Gasteiger partial charge is 0.369 e. The van der Waals surface area contributed by atoms with Crippen molar-refractivity contribution < 1.29 is 4.79 Å². The molecule has 1 saturated heterocycles. The normalized spacial score (nSPS) is 26.5. The number of hydrogen-bond acceptors (Lipinski definition) is 3. The zero-order chi connectivity index (χ0) is 12.3. The van der Waals surface area contributed by atoms with Crippen molar-refractivity contribution >= 4 is 17.8 Å². The van der Waals surface area contributed by atoms with Gasteiger partial charge < -0.3 is 10.6 Å². The van der Waals surface area contributed by atoms with Gasteiger partial charge in [-0.05, 0) is 19.3 Å². The van der Waals surface area contributed by atoms with E-state index in [1.54, 1.807) is 0 Å². The van der Waals surface area contributed by atoms with Crippen molar-refractivity contribution in [1.29, 1.82) is 0 Å². The summed E-state index contributed by atoms with van der Waals surface area (Å²) in [6, 6.07) is 0. The van der Waals surface area contributed by atoms with Gasteiger partial charge in [0.05, 0.1) is 12.5 Å². The number of nitrogens with one attached hydrogen (secondary N) is 1. The quantitative estimate of drug-likeness (QED) is 0.456. The number of hydrogen-bond donors (Lipinski definition) is 2. The first-order chi connectivity index (χ1) is 8.16. The standard InChI is InChI=1S/C11H19N5O/c1-8-7-13-11(14-9(8)17)15-10(12)16-5-3-2-4-6-16/h8H,2-7H2,1H3,(H3,12,13,14,15,17). The Hall–Kier alpha value is -1.59. The zero-order valence-electron chi connectivity index (χ0n) is 10.1. The minimum Gasteiger partial charge on any atom is -0.369 e. The van der Waals surface area contributed by atoms with Gasteiger partial charge in [0.15, 0.2) is 5.96 Å². The molecule has 6 nitrogen and oxygen atoms in total. The lowest BCUT2D eigenvalue weighted by molar-refractivity contribution is -0.123. The van der Waals surface area contributed by atoms with Crippen LogP contribution in [0.2, 0.25) is 0 Å². The molecule has 94 valence electrons. The van der Waals surface area contributed by atoms with Crippen LogP contribution in [0.4, 0.5) is 0 Å². The summed E-state index contributed by atoms with van der Waals surface area (Å²) in [6.45, 7) is 4.20. The molecule has 1 amide bonds. The summed E-state index contributed by atoms with van der Waals surface area (Å²) in [5.41, 5.74) is 5.90. The average molecular weight is 237 g/mol. The Kier molecular flexibility index (Phi) is 3.61. The molecule has 0 spiro atoms. The van der Waals surface area contributed by atoms with Crippen molar-refractivity contribution in [3.05, 3.63) is 0 Å². The molecule has 2 heterocycles. The summed E-state index contributed by atoms with van der Waals surface area (Å²) >= 11 is 0. The highest BCUT2D eigenvalue weighted by Crippen LogP contribution is 2.08. The number of carbonyl (C=O) groups excluding carboxylic acids is 1. The average Bonchev–Trinajstić information content (AvgIpc) is 2.35. The van der Waals surface area contributed by atoms with Crippen molar-refractivity contribution in [2.24, 2.45) is 21.6 Å². The first-order valence-corrected chi connectivity index (χ1v) is 6.11. The molecule has 1 unspecified atom stereocenters. The number of amides is 1. The highest BCUT2D eigenvalue weighted by molar-refractivity contribution is 6.04. The Labute approximate surface area is 101 Å². The molecule has 2 rings (SSSR count). The first kappa shape index (κ1) is 11.9. The Bertz CT molecular complexity index is 357. The van der Waals surface area contributed by atoms with Crippen molar-refractivity contribution in [1.82, 2.24) is 10.2 Å². The van der Waals surface area contributed by atoms with Gasteiger partial charge in [0.2, 0.25) is 11.9 Å². The minimum absolute atomic E-state index is 0.0369. The third-order valence-electron chi connectivity index (χ3n) is 3.10. The van der Waals surface area contributed by atoms with Gasteiger partial charge in [0, 0.05) is 13.1 Å². The fourth-order valence-corrected chi connectivity index (χ4v) is 1.94. The number of aliphatic imine (C=N–C) groups is 2. The Balaban J connectivity index is 2.00. The molecule has 0 aromatic heterocycles. The highest BCUT2D eigenvalue weighted by Gasteiger charge is 2.20. The van der Waals surface area contributed by atoms with E-state index in [9.17, 15) is 4.79 Å². The molecule has 1 fully saturated rings. The van der Waals surface area contributed by atoms with Gasteiger partial charge in [0.1, 0.15) is 0 Å². The van der Waals surface area contributed by atoms with Gasteiger partial charge in [-0.15, -0.1) is 0 Å². The van der Waals surface area contributed by atoms with Crippen LogP contribution >= 0.6 is 0 Å². The summed E-state index contributed by atoms with van der Waals surface area (Å²) in [5.74, 6) is 0.685. The second-order valence-electron chi connectivity index (χ2n) is 4.57. The SMILES string of the molecule is CC1CN=C(/N=C(\N)N2CCCCC2)NC1=O. The lowest BCUT2D eigenvalue weighted by Gasteiger charge is -2.27. The van der Waals surface area contributed by atoms with Crippen molar-refractivity contribution in [2.75, 3.05) is 19.6 Å². The number of carbonyl (C=O) groups is 1.